The van der Waals surface area contributed by atoms with Gasteiger partial charge in [0.05, 0.1) is 15.9 Å². The Morgan fingerprint density at radius 1 is 1.24 bits per heavy atom. The van der Waals surface area contributed by atoms with Gasteiger partial charge in [0.1, 0.15) is 5.52 Å². The molecule has 0 aliphatic heterocycles. The lowest BCUT2D eigenvalue weighted by Crippen LogP contribution is -2.11. The fourth-order valence-corrected chi connectivity index (χ4v) is 2.94. The first-order valence-electron chi connectivity index (χ1n) is 6.09. The second kappa shape index (κ2) is 4.37. The Morgan fingerprint density at radius 2 is 1.94 bits per heavy atom. The lowest BCUT2D eigenvalue weighted by Gasteiger charge is -2.18. The third-order valence-corrected chi connectivity index (χ3v) is 3.66. The van der Waals surface area contributed by atoms with Gasteiger partial charge in [0.2, 0.25) is 0 Å². The fraction of sp³-hybridized carbons (Fsp3) is 0.571. The highest BCUT2D eigenvalue weighted by Gasteiger charge is 2.18. The van der Waals surface area contributed by atoms with Crippen molar-refractivity contribution in [1.29, 1.82) is 0 Å². The van der Waals surface area contributed by atoms with Crippen LogP contribution in [0.2, 0.25) is 0 Å². The number of hydrogen-bond donors (Lipinski definition) is 0. The van der Waals surface area contributed by atoms with Gasteiger partial charge in [-0.3, -0.25) is 4.98 Å². The Hall–Kier alpha value is -0.960. The quantitative estimate of drug-likeness (QED) is 0.787. The second-order valence-electron chi connectivity index (χ2n) is 6.08. The number of fused-ring (bicyclic) bond motifs is 1. The van der Waals surface area contributed by atoms with Crippen molar-refractivity contribution in [2.24, 2.45) is 5.41 Å². The number of hydrogen-bond acceptors (Lipinski definition) is 3. The first-order valence-corrected chi connectivity index (χ1v) is 6.97. The number of nitrogens with zero attached hydrogens (tertiary/aromatic N) is 2. The number of aromatic nitrogens is 2. The van der Waals surface area contributed by atoms with Gasteiger partial charge in [0.15, 0.2) is 0 Å². The normalized spacial score (nSPS) is 12.6. The van der Waals surface area contributed by atoms with Crippen LogP contribution in [0.4, 0.5) is 0 Å². The van der Waals surface area contributed by atoms with E-state index in [0.29, 0.717) is 5.92 Å². The molecule has 0 amide bonds. The van der Waals surface area contributed by atoms with E-state index >= 15 is 0 Å². The lowest BCUT2D eigenvalue weighted by molar-refractivity contribution is 0.407. The largest absolute Gasteiger partial charge is 0.259 e. The van der Waals surface area contributed by atoms with Crippen molar-refractivity contribution in [1.82, 2.24) is 9.97 Å². The molecular formula is C14H20N2S. The summed E-state index contributed by atoms with van der Waals surface area (Å²) in [6, 6.07) is 0. The molecule has 2 aromatic rings. The van der Waals surface area contributed by atoms with E-state index in [1.54, 1.807) is 11.3 Å². The minimum atomic E-state index is 0.253. The smallest absolute Gasteiger partial charge is 0.103 e. The molecule has 0 saturated heterocycles. The number of thiazole rings is 1. The van der Waals surface area contributed by atoms with E-state index in [-0.39, 0.29) is 5.41 Å². The predicted molar refractivity (Wildman–Crippen MR) is 74.7 cm³/mol. The molecule has 0 atom stereocenters. The monoisotopic (exact) mass is 248 g/mol. The fourth-order valence-electron chi connectivity index (χ4n) is 1.97. The van der Waals surface area contributed by atoms with Crippen LogP contribution in [-0.2, 0) is 6.42 Å². The van der Waals surface area contributed by atoms with Crippen LogP contribution >= 0.6 is 11.3 Å². The second-order valence-corrected chi connectivity index (χ2v) is 6.94. The third kappa shape index (κ3) is 2.65. The molecule has 92 valence electrons. The summed E-state index contributed by atoms with van der Waals surface area (Å²) in [6.45, 7) is 11.1. The molecule has 2 aromatic heterocycles. The molecule has 2 nitrogen and oxygen atoms in total. The maximum atomic E-state index is 4.63. The van der Waals surface area contributed by atoms with Crippen molar-refractivity contribution in [2.45, 2.75) is 47.0 Å². The molecule has 17 heavy (non-hydrogen) atoms. The van der Waals surface area contributed by atoms with E-state index in [2.05, 4.69) is 44.6 Å². The predicted octanol–water partition coefficient (Wildman–Crippen LogP) is 4.40. The molecule has 0 aliphatic rings. The molecule has 0 saturated carbocycles. The standard InChI is InChI=1S/C14H20N2S/c1-9(2)10-7-15-11(6-14(3,4)5)12-13(10)17-8-16-12/h7-9H,6H2,1-5H3. The summed E-state index contributed by atoms with van der Waals surface area (Å²) in [5, 5.41) is 0. The minimum Gasteiger partial charge on any atom is -0.259 e. The molecule has 2 heterocycles. The summed E-state index contributed by atoms with van der Waals surface area (Å²) in [7, 11) is 0. The molecule has 0 spiro atoms. The van der Waals surface area contributed by atoms with Gasteiger partial charge in [-0.2, -0.15) is 0 Å². The highest BCUT2D eigenvalue weighted by Crippen LogP contribution is 2.31. The Kier molecular flexibility index (Phi) is 3.21. The van der Waals surface area contributed by atoms with Crippen molar-refractivity contribution in [2.75, 3.05) is 0 Å². The molecule has 0 bridgehead atoms. The van der Waals surface area contributed by atoms with Gasteiger partial charge in [0, 0.05) is 6.20 Å². The molecule has 0 N–H and O–H groups in total. The van der Waals surface area contributed by atoms with E-state index in [1.165, 1.54) is 10.3 Å². The third-order valence-electron chi connectivity index (χ3n) is 2.78. The zero-order chi connectivity index (χ0) is 12.6. The zero-order valence-electron chi connectivity index (χ0n) is 11.2. The van der Waals surface area contributed by atoms with E-state index in [4.69, 9.17) is 0 Å². The zero-order valence-corrected chi connectivity index (χ0v) is 12.1. The Labute approximate surface area is 107 Å². The van der Waals surface area contributed by atoms with E-state index in [1.807, 2.05) is 11.7 Å². The van der Waals surface area contributed by atoms with Crippen molar-refractivity contribution >= 4 is 21.6 Å². The SMILES string of the molecule is CC(C)c1cnc(CC(C)(C)C)c2ncsc12. The first-order chi connectivity index (χ1) is 7.88. The molecule has 2 rings (SSSR count). The average molecular weight is 248 g/mol. The van der Waals surface area contributed by atoms with E-state index in [9.17, 15) is 0 Å². The molecule has 0 aromatic carbocycles. The summed E-state index contributed by atoms with van der Waals surface area (Å²) in [5.41, 5.74) is 5.75. The van der Waals surface area contributed by atoms with Gasteiger partial charge in [-0.1, -0.05) is 34.6 Å². The van der Waals surface area contributed by atoms with Crippen molar-refractivity contribution in [3.8, 4) is 0 Å². The Bertz CT molecular complexity index is 520. The highest BCUT2D eigenvalue weighted by molar-refractivity contribution is 7.17. The van der Waals surface area contributed by atoms with Gasteiger partial charge in [0.25, 0.3) is 0 Å². The highest BCUT2D eigenvalue weighted by atomic mass is 32.1. The minimum absolute atomic E-state index is 0.253. The summed E-state index contributed by atoms with van der Waals surface area (Å²) in [4.78, 5) is 9.13. The van der Waals surface area contributed by atoms with Crippen LogP contribution < -0.4 is 0 Å². The summed E-state index contributed by atoms with van der Waals surface area (Å²) < 4.78 is 1.31. The van der Waals surface area contributed by atoms with Crippen LogP contribution in [0.15, 0.2) is 11.7 Å². The van der Waals surface area contributed by atoms with E-state index < -0.39 is 0 Å². The Balaban J connectivity index is 2.54. The van der Waals surface area contributed by atoms with Crippen LogP contribution in [0.1, 0.15) is 51.8 Å². The summed E-state index contributed by atoms with van der Waals surface area (Å²) in [6.07, 6.45) is 3.01. The molecule has 0 unspecified atom stereocenters. The van der Waals surface area contributed by atoms with Crippen molar-refractivity contribution in [3.05, 3.63) is 23.0 Å². The van der Waals surface area contributed by atoms with Crippen LogP contribution in [0.25, 0.3) is 10.2 Å². The number of rotatable bonds is 2. The van der Waals surface area contributed by atoms with Crippen molar-refractivity contribution in [3.63, 3.8) is 0 Å². The van der Waals surface area contributed by atoms with Crippen molar-refractivity contribution < 1.29 is 0 Å². The first kappa shape index (κ1) is 12.5. The summed E-state index contributed by atoms with van der Waals surface area (Å²) in [5.74, 6) is 0.508. The van der Waals surface area contributed by atoms with Crippen LogP contribution in [-0.4, -0.2) is 9.97 Å². The maximum Gasteiger partial charge on any atom is 0.103 e. The summed E-state index contributed by atoms with van der Waals surface area (Å²) >= 11 is 1.73. The van der Waals surface area contributed by atoms with Crippen LogP contribution in [0.3, 0.4) is 0 Å². The molecule has 0 radical (unpaired) electrons. The topological polar surface area (TPSA) is 25.8 Å². The molecule has 3 heteroatoms. The molecule has 0 fully saturated rings. The van der Waals surface area contributed by atoms with Crippen LogP contribution in [0, 0.1) is 5.41 Å². The van der Waals surface area contributed by atoms with Gasteiger partial charge in [-0.25, -0.2) is 4.98 Å². The molecular weight excluding hydrogens is 228 g/mol. The van der Waals surface area contributed by atoms with Gasteiger partial charge in [-0.05, 0) is 23.3 Å². The maximum absolute atomic E-state index is 4.63. The van der Waals surface area contributed by atoms with Gasteiger partial charge >= 0.3 is 0 Å². The van der Waals surface area contributed by atoms with E-state index in [0.717, 1.165) is 17.6 Å². The molecule has 0 aliphatic carbocycles. The number of pyridine rings is 1. The van der Waals surface area contributed by atoms with Crippen LogP contribution in [0.5, 0.6) is 0 Å². The van der Waals surface area contributed by atoms with Gasteiger partial charge in [-0.15, -0.1) is 11.3 Å². The lowest BCUT2D eigenvalue weighted by atomic mass is 9.89. The average Bonchev–Trinajstić information content (AvgIpc) is 2.63. The Morgan fingerprint density at radius 3 is 2.53 bits per heavy atom. The van der Waals surface area contributed by atoms with Gasteiger partial charge < -0.3 is 0 Å².